The zero-order chi connectivity index (χ0) is 15.8. The van der Waals surface area contributed by atoms with E-state index in [0.29, 0.717) is 0 Å². The van der Waals surface area contributed by atoms with Gasteiger partial charge in [0.25, 0.3) is 0 Å². The van der Waals surface area contributed by atoms with Crippen LogP contribution in [-0.4, -0.2) is 21.7 Å². The Bertz CT molecular complexity index is 952. The van der Waals surface area contributed by atoms with E-state index in [1.807, 2.05) is 16.6 Å². The van der Waals surface area contributed by atoms with Gasteiger partial charge in [-0.2, -0.15) is 5.10 Å². The van der Waals surface area contributed by atoms with Gasteiger partial charge in [-0.1, -0.05) is 41.2 Å². The van der Waals surface area contributed by atoms with E-state index in [-0.39, 0.29) is 0 Å². The van der Waals surface area contributed by atoms with Gasteiger partial charge in [-0.05, 0) is 36.8 Å². The van der Waals surface area contributed by atoms with Crippen LogP contribution in [0.15, 0.2) is 54.9 Å². The summed E-state index contributed by atoms with van der Waals surface area (Å²) in [6.07, 6.45) is 1.60. The van der Waals surface area contributed by atoms with Crippen molar-refractivity contribution in [2.45, 2.75) is 6.92 Å². The minimum absolute atomic E-state index is 0.852. The maximum absolute atomic E-state index is 5.25. The number of aromatic nitrogens is 3. The van der Waals surface area contributed by atoms with Crippen LogP contribution >= 0.6 is 11.3 Å². The van der Waals surface area contributed by atoms with E-state index < -0.39 is 0 Å². The van der Waals surface area contributed by atoms with Crippen molar-refractivity contribution in [1.82, 2.24) is 14.6 Å². The van der Waals surface area contributed by atoms with Gasteiger partial charge >= 0.3 is 0 Å². The first-order chi connectivity index (χ1) is 11.3. The molecule has 0 spiro atoms. The van der Waals surface area contributed by atoms with Crippen molar-refractivity contribution in [3.05, 3.63) is 60.4 Å². The van der Waals surface area contributed by atoms with E-state index in [1.165, 1.54) is 5.56 Å². The molecule has 0 amide bonds. The zero-order valence-corrected chi connectivity index (χ0v) is 13.7. The molecular formula is C18H15N3OS. The largest absolute Gasteiger partial charge is 0.497 e. The molecular weight excluding hydrogens is 306 g/mol. The van der Waals surface area contributed by atoms with E-state index in [4.69, 9.17) is 4.74 Å². The fourth-order valence-electron chi connectivity index (χ4n) is 2.59. The summed E-state index contributed by atoms with van der Waals surface area (Å²) < 4.78 is 7.16. The van der Waals surface area contributed by atoms with Crippen LogP contribution in [0.2, 0.25) is 0 Å². The average molecular weight is 321 g/mol. The number of benzene rings is 2. The lowest BCUT2D eigenvalue weighted by molar-refractivity contribution is 0.415. The van der Waals surface area contributed by atoms with Crippen LogP contribution in [0.5, 0.6) is 5.75 Å². The van der Waals surface area contributed by atoms with Crippen molar-refractivity contribution >= 4 is 16.3 Å². The third-order valence-electron chi connectivity index (χ3n) is 3.81. The van der Waals surface area contributed by atoms with Gasteiger partial charge in [0.1, 0.15) is 12.1 Å². The maximum atomic E-state index is 5.25. The molecule has 5 heteroatoms. The Kier molecular flexibility index (Phi) is 3.35. The van der Waals surface area contributed by atoms with Crippen LogP contribution in [0, 0.1) is 6.92 Å². The minimum Gasteiger partial charge on any atom is -0.497 e. The normalized spacial score (nSPS) is 11.0. The average Bonchev–Trinajstić information content (AvgIpc) is 3.17. The van der Waals surface area contributed by atoms with E-state index in [9.17, 15) is 0 Å². The molecule has 4 rings (SSSR count). The number of fused-ring (bicyclic) bond motifs is 1. The number of hydrogen-bond acceptors (Lipinski definition) is 4. The van der Waals surface area contributed by atoms with Gasteiger partial charge < -0.3 is 4.74 Å². The van der Waals surface area contributed by atoms with Crippen molar-refractivity contribution in [2.24, 2.45) is 0 Å². The molecule has 0 atom stereocenters. The van der Waals surface area contributed by atoms with Crippen LogP contribution in [0.3, 0.4) is 0 Å². The Morgan fingerprint density at radius 3 is 2.35 bits per heavy atom. The molecule has 4 aromatic rings. The number of aryl methyl sites for hydroxylation is 1. The number of methoxy groups -OCH3 is 1. The third kappa shape index (κ3) is 2.39. The second-order valence-electron chi connectivity index (χ2n) is 5.33. The summed E-state index contributed by atoms with van der Waals surface area (Å²) >= 11 is 1.64. The molecule has 114 valence electrons. The summed E-state index contributed by atoms with van der Waals surface area (Å²) in [5.74, 6) is 0.852. The van der Waals surface area contributed by atoms with E-state index in [0.717, 1.165) is 32.4 Å². The van der Waals surface area contributed by atoms with Crippen molar-refractivity contribution in [1.29, 1.82) is 0 Å². The van der Waals surface area contributed by atoms with E-state index in [2.05, 4.69) is 53.4 Å². The molecule has 0 aliphatic carbocycles. The predicted molar refractivity (Wildman–Crippen MR) is 93.0 cm³/mol. The summed E-state index contributed by atoms with van der Waals surface area (Å²) in [7, 11) is 1.68. The molecule has 0 aliphatic heterocycles. The summed E-state index contributed by atoms with van der Waals surface area (Å²) in [5.41, 5.74) is 4.59. The topological polar surface area (TPSA) is 39.4 Å². The monoisotopic (exact) mass is 321 g/mol. The highest BCUT2D eigenvalue weighted by Gasteiger charge is 2.17. The van der Waals surface area contributed by atoms with Crippen LogP contribution in [0.25, 0.3) is 26.7 Å². The first-order valence-corrected chi connectivity index (χ1v) is 8.12. The molecule has 2 aromatic carbocycles. The molecule has 0 fully saturated rings. The minimum atomic E-state index is 0.852. The lowest BCUT2D eigenvalue weighted by atomic mass is 10.1. The molecule has 0 radical (unpaired) electrons. The summed E-state index contributed by atoms with van der Waals surface area (Å²) in [6.45, 7) is 2.09. The highest BCUT2D eigenvalue weighted by molar-refractivity contribution is 7.20. The molecule has 23 heavy (non-hydrogen) atoms. The quantitative estimate of drug-likeness (QED) is 0.560. The lowest BCUT2D eigenvalue weighted by Gasteiger charge is -2.06. The van der Waals surface area contributed by atoms with Crippen LogP contribution in [0.1, 0.15) is 5.56 Å². The first-order valence-electron chi connectivity index (χ1n) is 7.30. The second kappa shape index (κ2) is 5.52. The standard InChI is InChI=1S/C18H15N3OS/c1-12-3-5-13(6-4-12)16-17(23-18-19-11-20-21(16)18)14-7-9-15(22-2)10-8-14/h3-11H,1-2H3. The molecule has 0 N–H and O–H groups in total. The van der Waals surface area contributed by atoms with Crippen molar-refractivity contribution in [3.8, 4) is 27.4 Å². The van der Waals surface area contributed by atoms with Crippen LogP contribution in [0.4, 0.5) is 0 Å². The van der Waals surface area contributed by atoms with Crippen molar-refractivity contribution in [2.75, 3.05) is 7.11 Å². The van der Waals surface area contributed by atoms with Crippen molar-refractivity contribution in [3.63, 3.8) is 0 Å². The molecule has 0 unspecified atom stereocenters. The lowest BCUT2D eigenvalue weighted by Crippen LogP contribution is -1.90. The zero-order valence-electron chi connectivity index (χ0n) is 12.9. The van der Waals surface area contributed by atoms with Gasteiger partial charge in [-0.25, -0.2) is 9.50 Å². The molecule has 4 nitrogen and oxygen atoms in total. The summed E-state index contributed by atoms with van der Waals surface area (Å²) in [5, 5.41) is 4.39. The van der Waals surface area contributed by atoms with Crippen LogP contribution in [-0.2, 0) is 0 Å². The fraction of sp³-hybridized carbons (Fsp3) is 0.111. The Labute approximate surface area is 138 Å². The van der Waals surface area contributed by atoms with E-state index in [1.54, 1.807) is 24.8 Å². The number of thiazole rings is 1. The molecule has 2 aromatic heterocycles. The Hall–Kier alpha value is -2.66. The fourth-order valence-corrected chi connectivity index (χ4v) is 3.65. The highest BCUT2D eigenvalue weighted by Crippen LogP contribution is 2.39. The Morgan fingerprint density at radius 1 is 0.957 bits per heavy atom. The number of rotatable bonds is 3. The predicted octanol–water partition coefficient (Wildman–Crippen LogP) is 4.44. The highest BCUT2D eigenvalue weighted by atomic mass is 32.1. The Morgan fingerprint density at radius 2 is 1.65 bits per heavy atom. The summed E-state index contributed by atoms with van der Waals surface area (Å²) in [4.78, 5) is 6.40. The number of hydrogen-bond donors (Lipinski definition) is 0. The van der Waals surface area contributed by atoms with E-state index >= 15 is 0 Å². The number of nitrogens with zero attached hydrogens (tertiary/aromatic N) is 3. The smallest absolute Gasteiger partial charge is 0.213 e. The van der Waals surface area contributed by atoms with Crippen molar-refractivity contribution < 1.29 is 4.74 Å². The SMILES string of the molecule is COc1ccc(-c2sc3ncnn3c2-c2ccc(C)cc2)cc1. The van der Waals surface area contributed by atoms with Crippen LogP contribution < -0.4 is 4.74 Å². The van der Waals surface area contributed by atoms with Gasteiger partial charge in [0.2, 0.25) is 4.96 Å². The van der Waals surface area contributed by atoms with Gasteiger partial charge in [-0.3, -0.25) is 0 Å². The number of ether oxygens (including phenoxy) is 1. The molecule has 0 saturated carbocycles. The summed E-state index contributed by atoms with van der Waals surface area (Å²) in [6, 6.07) is 16.6. The van der Waals surface area contributed by atoms with Gasteiger partial charge in [0.05, 0.1) is 17.7 Å². The molecule has 2 heterocycles. The molecule has 0 aliphatic rings. The van der Waals surface area contributed by atoms with Gasteiger partial charge in [-0.15, -0.1) is 0 Å². The first kappa shape index (κ1) is 14.0. The maximum Gasteiger partial charge on any atom is 0.213 e. The molecule has 0 saturated heterocycles. The van der Waals surface area contributed by atoms with Gasteiger partial charge in [0.15, 0.2) is 0 Å². The Balaban J connectivity index is 1.93. The molecule has 0 bridgehead atoms. The second-order valence-corrected chi connectivity index (χ2v) is 6.31. The van der Waals surface area contributed by atoms with Gasteiger partial charge in [0, 0.05) is 5.56 Å². The third-order valence-corrected chi connectivity index (χ3v) is 4.91.